The predicted molar refractivity (Wildman–Crippen MR) is 74.5 cm³/mol. The fraction of sp³-hybridized carbons (Fsp3) is 0.733. The smallest absolute Gasteiger partial charge is 0.118 e. The summed E-state index contributed by atoms with van der Waals surface area (Å²) in [4.78, 5) is 0. The number of hydrogen-bond acceptors (Lipinski definition) is 3. The average molecular weight is 253 g/mol. The van der Waals surface area contributed by atoms with Crippen LogP contribution in [-0.2, 0) is 17.9 Å². The van der Waals surface area contributed by atoms with Crippen molar-refractivity contribution in [1.82, 2.24) is 5.32 Å². The number of furan rings is 1. The molecule has 0 aromatic carbocycles. The Kier molecular flexibility index (Phi) is 5.42. The molecule has 0 fully saturated rings. The van der Waals surface area contributed by atoms with Gasteiger partial charge >= 0.3 is 0 Å². The monoisotopic (exact) mass is 253 g/mol. The van der Waals surface area contributed by atoms with E-state index in [2.05, 4.69) is 46.0 Å². The van der Waals surface area contributed by atoms with Crippen LogP contribution in [0.2, 0.25) is 0 Å². The van der Waals surface area contributed by atoms with E-state index in [4.69, 9.17) is 9.15 Å². The highest BCUT2D eigenvalue weighted by molar-refractivity contribution is 5.20. The van der Waals surface area contributed by atoms with Crippen molar-refractivity contribution in [3.8, 4) is 0 Å². The molecule has 0 aliphatic heterocycles. The van der Waals surface area contributed by atoms with Crippen LogP contribution >= 0.6 is 0 Å². The number of nitrogens with one attached hydrogen (secondary N) is 1. The Morgan fingerprint density at radius 1 is 1.33 bits per heavy atom. The van der Waals surface area contributed by atoms with Crippen molar-refractivity contribution in [2.24, 2.45) is 5.92 Å². The lowest BCUT2D eigenvalue weighted by molar-refractivity contribution is -0.0153. The topological polar surface area (TPSA) is 34.4 Å². The highest BCUT2D eigenvalue weighted by atomic mass is 16.5. The summed E-state index contributed by atoms with van der Waals surface area (Å²) < 4.78 is 11.5. The second kappa shape index (κ2) is 6.39. The maximum atomic E-state index is 5.77. The molecule has 0 saturated carbocycles. The zero-order chi connectivity index (χ0) is 13.8. The van der Waals surface area contributed by atoms with Crippen LogP contribution in [0.1, 0.15) is 51.7 Å². The molecule has 0 amide bonds. The molecule has 0 unspecified atom stereocenters. The van der Waals surface area contributed by atoms with E-state index < -0.39 is 0 Å². The van der Waals surface area contributed by atoms with Crippen molar-refractivity contribution in [3.63, 3.8) is 0 Å². The minimum atomic E-state index is -0.111. The normalized spacial score (nSPS) is 12.4. The minimum absolute atomic E-state index is 0.111. The lowest BCUT2D eigenvalue weighted by Gasteiger charge is -2.18. The summed E-state index contributed by atoms with van der Waals surface area (Å²) in [5, 5.41) is 3.38. The first-order chi connectivity index (χ1) is 8.28. The van der Waals surface area contributed by atoms with Gasteiger partial charge in [0.2, 0.25) is 0 Å². The summed E-state index contributed by atoms with van der Waals surface area (Å²) >= 11 is 0. The molecule has 0 saturated heterocycles. The van der Waals surface area contributed by atoms with Gasteiger partial charge in [-0.1, -0.05) is 13.8 Å². The Balaban J connectivity index is 2.48. The molecule has 1 N–H and O–H groups in total. The van der Waals surface area contributed by atoms with Gasteiger partial charge in [0.25, 0.3) is 0 Å². The zero-order valence-corrected chi connectivity index (χ0v) is 12.6. The zero-order valence-electron chi connectivity index (χ0n) is 12.6. The molecule has 18 heavy (non-hydrogen) atoms. The van der Waals surface area contributed by atoms with E-state index in [9.17, 15) is 0 Å². The quantitative estimate of drug-likeness (QED) is 0.840. The second-order valence-electron chi connectivity index (χ2n) is 6.22. The largest absolute Gasteiger partial charge is 0.465 e. The Bertz CT molecular complexity index is 361. The van der Waals surface area contributed by atoms with E-state index in [1.54, 1.807) is 0 Å². The van der Waals surface area contributed by atoms with Gasteiger partial charge in [-0.15, -0.1) is 0 Å². The van der Waals surface area contributed by atoms with Gasteiger partial charge < -0.3 is 14.5 Å². The van der Waals surface area contributed by atoms with Crippen molar-refractivity contribution in [2.45, 2.75) is 60.3 Å². The summed E-state index contributed by atoms with van der Waals surface area (Å²) in [6, 6.07) is 2.09. The van der Waals surface area contributed by atoms with Crippen molar-refractivity contribution in [2.75, 3.05) is 6.54 Å². The van der Waals surface area contributed by atoms with Crippen molar-refractivity contribution >= 4 is 0 Å². The number of aryl methyl sites for hydroxylation is 1. The first-order valence-electron chi connectivity index (χ1n) is 6.71. The molecule has 1 aromatic heterocycles. The van der Waals surface area contributed by atoms with Crippen LogP contribution in [-0.4, -0.2) is 12.1 Å². The van der Waals surface area contributed by atoms with Gasteiger partial charge in [-0.05, 0) is 46.2 Å². The maximum Gasteiger partial charge on any atom is 0.118 e. The average Bonchev–Trinajstić information content (AvgIpc) is 2.54. The molecule has 1 aromatic rings. The molecular weight excluding hydrogens is 226 g/mol. The second-order valence-corrected chi connectivity index (χ2v) is 6.22. The molecule has 1 heterocycles. The molecule has 1 rings (SSSR count). The summed E-state index contributed by atoms with van der Waals surface area (Å²) in [5.74, 6) is 2.60. The third-order valence-electron chi connectivity index (χ3n) is 2.58. The molecule has 0 aliphatic rings. The molecule has 0 radical (unpaired) electrons. The van der Waals surface area contributed by atoms with E-state index in [-0.39, 0.29) is 5.60 Å². The molecular formula is C15H27NO2. The van der Waals surface area contributed by atoms with E-state index in [0.717, 1.165) is 30.2 Å². The molecule has 0 aliphatic carbocycles. The molecule has 0 spiro atoms. The number of rotatable bonds is 6. The number of ether oxygens (including phenoxy) is 1. The van der Waals surface area contributed by atoms with E-state index >= 15 is 0 Å². The molecule has 0 bridgehead atoms. The van der Waals surface area contributed by atoms with Crippen LogP contribution < -0.4 is 5.32 Å². The molecule has 3 heteroatoms. The van der Waals surface area contributed by atoms with Crippen molar-refractivity contribution < 1.29 is 9.15 Å². The van der Waals surface area contributed by atoms with Gasteiger partial charge in [-0.25, -0.2) is 0 Å². The molecule has 3 nitrogen and oxygen atoms in total. The summed E-state index contributed by atoms with van der Waals surface area (Å²) in [7, 11) is 0. The van der Waals surface area contributed by atoms with Crippen LogP contribution in [0.15, 0.2) is 10.5 Å². The number of hydrogen-bond donors (Lipinski definition) is 1. The van der Waals surface area contributed by atoms with Crippen LogP contribution in [0.5, 0.6) is 0 Å². The Morgan fingerprint density at radius 2 is 2.00 bits per heavy atom. The fourth-order valence-electron chi connectivity index (χ4n) is 1.60. The van der Waals surface area contributed by atoms with Crippen LogP contribution in [0, 0.1) is 12.8 Å². The third-order valence-corrected chi connectivity index (χ3v) is 2.58. The van der Waals surface area contributed by atoms with Gasteiger partial charge in [0.05, 0.1) is 18.8 Å². The summed E-state index contributed by atoms with van der Waals surface area (Å²) in [6.07, 6.45) is 0. The standard InChI is InChI=1S/C15H27NO2/c1-11(2)8-16-9-14-7-13(12(3)18-14)10-17-15(4,5)6/h7,11,16H,8-10H2,1-6H3. The van der Waals surface area contributed by atoms with Crippen molar-refractivity contribution in [1.29, 1.82) is 0 Å². The van der Waals surface area contributed by atoms with Gasteiger partial charge in [-0.2, -0.15) is 0 Å². The van der Waals surface area contributed by atoms with Gasteiger partial charge in [0.15, 0.2) is 0 Å². The van der Waals surface area contributed by atoms with E-state index in [0.29, 0.717) is 12.5 Å². The third kappa shape index (κ3) is 5.69. The van der Waals surface area contributed by atoms with Crippen molar-refractivity contribution in [3.05, 3.63) is 23.2 Å². The van der Waals surface area contributed by atoms with E-state index in [1.165, 1.54) is 0 Å². The molecule has 0 atom stereocenters. The Hall–Kier alpha value is -0.800. The summed E-state index contributed by atoms with van der Waals surface area (Å²) in [6.45, 7) is 15.0. The van der Waals surface area contributed by atoms with E-state index in [1.807, 2.05) is 6.92 Å². The van der Waals surface area contributed by atoms with Gasteiger partial charge in [0.1, 0.15) is 11.5 Å². The Morgan fingerprint density at radius 3 is 2.56 bits per heavy atom. The first-order valence-corrected chi connectivity index (χ1v) is 6.71. The fourth-order valence-corrected chi connectivity index (χ4v) is 1.60. The van der Waals surface area contributed by atoms with Gasteiger partial charge in [-0.3, -0.25) is 0 Å². The van der Waals surface area contributed by atoms with Crippen LogP contribution in [0.25, 0.3) is 0 Å². The summed E-state index contributed by atoms with van der Waals surface area (Å²) in [5.41, 5.74) is 1.03. The lowest BCUT2D eigenvalue weighted by Crippen LogP contribution is -2.19. The lowest BCUT2D eigenvalue weighted by atomic mass is 10.2. The minimum Gasteiger partial charge on any atom is -0.465 e. The van der Waals surface area contributed by atoms with Crippen LogP contribution in [0.4, 0.5) is 0 Å². The highest BCUT2D eigenvalue weighted by Crippen LogP contribution is 2.18. The molecule has 104 valence electrons. The maximum absolute atomic E-state index is 5.77. The SMILES string of the molecule is Cc1oc(CNCC(C)C)cc1COC(C)(C)C. The van der Waals surface area contributed by atoms with Crippen LogP contribution in [0.3, 0.4) is 0 Å². The van der Waals surface area contributed by atoms with Gasteiger partial charge in [0, 0.05) is 5.56 Å². The Labute approximate surface area is 111 Å². The predicted octanol–water partition coefficient (Wildman–Crippen LogP) is 3.65. The highest BCUT2D eigenvalue weighted by Gasteiger charge is 2.13. The first kappa shape index (κ1) is 15.3.